The molecule has 0 bridgehead atoms. The van der Waals surface area contributed by atoms with E-state index in [0.29, 0.717) is 27.6 Å². The molecule has 0 unspecified atom stereocenters. The second kappa shape index (κ2) is 8.31. The number of methoxy groups -OCH3 is 2. The van der Waals surface area contributed by atoms with Crippen molar-refractivity contribution in [2.45, 2.75) is 20.0 Å². The van der Waals surface area contributed by atoms with Gasteiger partial charge in [0.15, 0.2) is 5.75 Å². The van der Waals surface area contributed by atoms with Crippen LogP contribution in [0.4, 0.5) is 5.69 Å². The Morgan fingerprint density at radius 1 is 1.07 bits per heavy atom. The number of amides is 1. The number of anilines is 1. The third-order valence-electron chi connectivity index (χ3n) is 3.95. The van der Waals surface area contributed by atoms with Gasteiger partial charge in [-0.2, -0.15) is 0 Å². The van der Waals surface area contributed by atoms with Crippen LogP contribution in [0.25, 0.3) is 10.1 Å². The molecule has 0 saturated heterocycles. The van der Waals surface area contributed by atoms with Crippen LogP contribution in [0.15, 0.2) is 42.5 Å². The van der Waals surface area contributed by atoms with E-state index in [9.17, 15) is 9.59 Å². The van der Waals surface area contributed by atoms with Crippen molar-refractivity contribution in [3.05, 3.63) is 52.9 Å². The van der Waals surface area contributed by atoms with Crippen LogP contribution < -0.4 is 14.8 Å². The molecule has 0 radical (unpaired) electrons. The molecule has 0 fully saturated rings. The molecular weight excluding hydrogens is 378 g/mol. The Bertz CT molecular complexity index is 1020. The molecule has 0 aliphatic rings. The summed E-state index contributed by atoms with van der Waals surface area (Å²) < 4.78 is 16.9. The summed E-state index contributed by atoms with van der Waals surface area (Å²) in [5.41, 5.74) is 0.860. The largest absolute Gasteiger partial charge is 0.497 e. The van der Waals surface area contributed by atoms with Gasteiger partial charge in [0.1, 0.15) is 10.6 Å². The van der Waals surface area contributed by atoms with E-state index in [1.165, 1.54) is 18.4 Å². The first kappa shape index (κ1) is 19.7. The van der Waals surface area contributed by atoms with Gasteiger partial charge in [-0.25, -0.2) is 4.79 Å². The van der Waals surface area contributed by atoms with Crippen molar-refractivity contribution in [1.29, 1.82) is 0 Å². The average Bonchev–Trinajstić information content (AvgIpc) is 3.04. The number of thiophene rings is 1. The van der Waals surface area contributed by atoms with Crippen LogP contribution in [-0.4, -0.2) is 32.2 Å². The molecule has 2 aromatic carbocycles. The molecule has 146 valence electrons. The van der Waals surface area contributed by atoms with Crippen LogP contribution in [0.2, 0.25) is 0 Å². The van der Waals surface area contributed by atoms with E-state index < -0.39 is 5.97 Å². The lowest BCUT2D eigenvalue weighted by Crippen LogP contribution is -2.14. The molecule has 0 aliphatic carbocycles. The van der Waals surface area contributed by atoms with E-state index in [1.807, 2.05) is 32.0 Å². The third kappa shape index (κ3) is 4.09. The van der Waals surface area contributed by atoms with Gasteiger partial charge in [0.25, 0.3) is 5.91 Å². The van der Waals surface area contributed by atoms with Crippen LogP contribution in [0, 0.1) is 0 Å². The van der Waals surface area contributed by atoms with Crippen LogP contribution in [0.1, 0.15) is 33.9 Å². The van der Waals surface area contributed by atoms with Crippen molar-refractivity contribution in [3.63, 3.8) is 0 Å². The van der Waals surface area contributed by atoms with Crippen molar-refractivity contribution in [2.24, 2.45) is 0 Å². The highest BCUT2D eigenvalue weighted by atomic mass is 32.1. The molecule has 0 spiro atoms. The highest BCUT2D eigenvalue weighted by molar-refractivity contribution is 7.21. The molecule has 28 heavy (non-hydrogen) atoms. The maximum absolute atomic E-state index is 13.0. The Kier molecular flexibility index (Phi) is 5.84. The number of carbonyl (C=O) groups excluding carboxylic acids is 2. The van der Waals surface area contributed by atoms with E-state index in [4.69, 9.17) is 14.2 Å². The smallest absolute Gasteiger partial charge is 0.337 e. The van der Waals surface area contributed by atoms with Gasteiger partial charge in [0.2, 0.25) is 0 Å². The number of carbonyl (C=O) groups is 2. The molecule has 0 atom stereocenters. The minimum Gasteiger partial charge on any atom is -0.497 e. The zero-order valence-corrected chi connectivity index (χ0v) is 16.9. The minimum absolute atomic E-state index is 0.0989. The summed E-state index contributed by atoms with van der Waals surface area (Å²) in [6.07, 6.45) is -0.0989. The lowest BCUT2D eigenvalue weighted by atomic mass is 10.2. The lowest BCUT2D eigenvalue weighted by molar-refractivity contribution is 0.0600. The fourth-order valence-corrected chi connectivity index (χ4v) is 3.73. The van der Waals surface area contributed by atoms with E-state index >= 15 is 0 Å². The molecule has 0 aliphatic heterocycles. The minimum atomic E-state index is -0.464. The summed E-state index contributed by atoms with van der Waals surface area (Å²) in [6.45, 7) is 3.82. The first-order valence-electron chi connectivity index (χ1n) is 8.70. The number of ether oxygens (including phenoxy) is 3. The molecule has 0 saturated carbocycles. The number of nitrogens with one attached hydrogen (secondary N) is 1. The number of fused-ring (bicyclic) bond motifs is 1. The van der Waals surface area contributed by atoms with E-state index in [1.54, 1.807) is 31.4 Å². The van der Waals surface area contributed by atoms with E-state index in [2.05, 4.69) is 5.32 Å². The molecular formula is C21H21NO5S. The van der Waals surface area contributed by atoms with Crippen LogP contribution >= 0.6 is 11.3 Å². The van der Waals surface area contributed by atoms with Crippen LogP contribution in [-0.2, 0) is 4.74 Å². The topological polar surface area (TPSA) is 73.9 Å². The predicted molar refractivity (Wildman–Crippen MR) is 110 cm³/mol. The van der Waals surface area contributed by atoms with Crippen molar-refractivity contribution >= 4 is 39.0 Å². The van der Waals surface area contributed by atoms with Gasteiger partial charge in [-0.1, -0.05) is 6.07 Å². The van der Waals surface area contributed by atoms with Gasteiger partial charge in [-0.15, -0.1) is 11.3 Å². The highest BCUT2D eigenvalue weighted by Crippen LogP contribution is 2.40. The number of esters is 1. The molecule has 1 aromatic heterocycles. The summed E-state index contributed by atoms with van der Waals surface area (Å²) in [6, 6.07) is 12.2. The molecule has 3 rings (SSSR count). The maximum Gasteiger partial charge on any atom is 0.337 e. The summed E-state index contributed by atoms with van der Waals surface area (Å²) in [7, 11) is 2.91. The highest BCUT2D eigenvalue weighted by Gasteiger charge is 2.22. The summed E-state index contributed by atoms with van der Waals surface area (Å²) in [5, 5.41) is 3.66. The van der Waals surface area contributed by atoms with Crippen molar-refractivity contribution < 1.29 is 23.8 Å². The standard InChI is InChI=1S/C21H21NO5S/c1-12(2)27-18-16-11-15(25-3)8-9-17(16)28-19(18)20(23)22-14-7-5-6-13(10-14)21(24)26-4/h5-12H,1-4H3,(H,22,23). The fraction of sp³-hybridized carbons (Fsp3) is 0.238. The van der Waals surface area contributed by atoms with Gasteiger partial charge < -0.3 is 19.5 Å². The van der Waals surface area contributed by atoms with Gasteiger partial charge in [0, 0.05) is 15.8 Å². The van der Waals surface area contributed by atoms with Crippen LogP contribution in [0.3, 0.4) is 0 Å². The Hall–Kier alpha value is -3.06. The third-order valence-corrected chi connectivity index (χ3v) is 5.10. The number of hydrogen-bond donors (Lipinski definition) is 1. The van der Waals surface area contributed by atoms with Crippen LogP contribution in [0.5, 0.6) is 11.5 Å². The zero-order chi connectivity index (χ0) is 20.3. The summed E-state index contributed by atoms with van der Waals surface area (Å²) >= 11 is 1.34. The Labute approximate surface area is 167 Å². The van der Waals surface area contributed by atoms with Crippen molar-refractivity contribution in [3.8, 4) is 11.5 Å². The van der Waals surface area contributed by atoms with Crippen molar-refractivity contribution in [2.75, 3.05) is 19.5 Å². The molecule has 1 N–H and O–H groups in total. The fourth-order valence-electron chi connectivity index (χ4n) is 2.71. The number of benzene rings is 2. The lowest BCUT2D eigenvalue weighted by Gasteiger charge is -2.12. The zero-order valence-electron chi connectivity index (χ0n) is 16.1. The molecule has 7 heteroatoms. The van der Waals surface area contributed by atoms with Crippen molar-refractivity contribution in [1.82, 2.24) is 0 Å². The first-order chi connectivity index (χ1) is 13.4. The number of hydrogen-bond acceptors (Lipinski definition) is 6. The average molecular weight is 399 g/mol. The second-order valence-electron chi connectivity index (χ2n) is 6.32. The van der Waals surface area contributed by atoms with Gasteiger partial charge in [0.05, 0.1) is 25.9 Å². The Morgan fingerprint density at radius 3 is 2.54 bits per heavy atom. The quantitative estimate of drug-likeness (QED) is 0.606. The maximum atomic E-state index is 13.0. The first-order valence-corrected chi connectivity index (χ1v) is 9.51. The monoisotopic (exact) mass is 399 g/mol. The Morgan fingerprint density at radius 2 is 1.86 bits per heavy atom. The predicted octanol–water partition coefficient (Wildman–Crippen LogP) is 4.74. The summed E-state index contributed by atoms with van der Waals surface area (Å²) in [4.78, 5) is 25.1. The SMILES string of the molecule is COC(=O)c1cccc(NC(=O)c2sc3ccc(OC)cc3c2OC(C)C)c1. The molecule has 1 amide bonds. The van der Waals surface area contributed by atoms with Gasteiger partial charge in [-0.3, -0.25) is 4.79 Å². The normalized spacial score (nSPS) is 10.8. The van der Waals surface area contributed by atoms with Gasteiger partial charge in [-0.05, 0) is 50.2 Å². The van der Waals surface area contributed by atoms with E-state index in [0.717, 1.165) is 10.1 Å². The summed E-state index contributed by atoms with van der Waals surface area (Å²) in [5.74, 6) is 0.443. The molecule has 6 nitrogen and oxygen atoms in total. The Balaban J connectivity index is 1.98. The second-order valence-corrected chi connectivity index (χ2v) is 7.37. The molecule has 3 aromatic rings. The molecule has 1 heterocycles. The van der Waals surface area contributed by atoms with E-state index in [-0.39, 0.29) is 12.0 Å². The van der Waals surface area contributed by atoms with Gasteiger partial charge >= 0.3 is 5.97 Å². The number of rotatable bonds is 6.